The first-order chi connectivity index (χ1) is 26.0. The van der Waals surface area contributed by atoms with Gasteiger partial charge in [0.15, 0.2) is 12.3 Å². The molecule has 0 radical (unpaired) electrons. The molecule has 2 heterocycles. The first-order valence-corrected chi connectivity index (χ1v) is 17.9. The van der Waals surface area contributed by atoms with Crippen LogP contribution in [-0.4, -0.2) is 87.7 Å². The zero-order valence-corrected chi connectivity index (χ0v) is 31.3. The van der Waals surface area contributed by atoms with Crippen LogP contribution in [-0.2, 0) is 70.9 Å². The number of aliphatic carboxylic acids is 1. The number of rotatable bonds is 18. The molecule has 4 aromatic rings. The highest BCUT2D eigenvalue weighted by atomic mass is 16.7. The van der Waals surface area contributed by atoms with Crippen molar-refractivity contribution in [2.24, 2.45) is 0 Å². The Kier molecular flexibility index (Phi) is 14.7. The molecule has 0 unspecified atom stereocenters. The minimum absolute atomic E-state index is 0.0701. The van der Waals surface area contributed by atoms with Crippen LogP contribution >= 0.6 is 0 Å². The molecular formula is C40H50N4O10. The van der Waals surface area contributed by atoms with E-state index in [4.69, 9.17) is 33.2 Å². The molecule has 54 heavy (non-hydrogen) atoms. The Hall–Kier alpha value is -4.70. The summed E-state index contributed by atoms with van der Waals surface area (Å²) >= 11 is 0. The summed E-state index contributed by atoms with van der Waals surface area (Å²) < 4.78 is 44.9. The van der Waals surface area contributed by atoms with Gasteiger partial charge in [0.2, 0.25) is 0 Å². The van der Waals surface area contributed by atoms with Gasteiger partial charge in [-0.1, -0.05) is 96.2 Å². The van der Waals surface area contributed by atoms with Crippen LogP contribution in [0.15, 0.2) is 97.2 Å². The van der Waals surface area contributed by atoms with Gasteiger partial charge in [-0.25, -0.2) is 14.3 Å². The van der Waals surface area contributed by atoms with Crippen LogP contribution in [0.2, 0.25) is 0 Å². The summed E-state index contributed by atoms with van der Waals surface area (Å²) in [6.07, 6.45) is -3.46. The normalized spacial score (nSPS) is 21.2. The van der Waals surface area contributed by atoms with Crippen LogP contribution in [0.3, 0.4) is 0 Å². The lowest BCUT2D eigenvalue weighted by atomic mass is 9.97. The number of nitrogens with one attached hydrogen (secondary N) is 1. The molecule has 1 aliphatic heterocycles. The minimum atomic E-state index is -1.36. The molecule has 5 rings (SSSR count). The largest absolute Gasteiger partial charge is 0.480 e. The average Bonchev–Trinajstić information content (AvgIpc) is 3.61. The molecule has 14 nitrogen and oxygen atoms in total. The maximum atomic E-state index is 12.3. The summed E-state index contributed by atoms with van der Waals surface area (Å²) in [6.45, 7) is 7.63. The summed E-state index contributed by atoms with van der Waals surface area (Å²) in [5, 5.41) is 20.7. The first kappa shape index (κ1) is 40.5. The number of benzene rings is 3. The fourth-order valence-corrected chi connectivity index (χ4v) is 5.89. The van der Waals surface area contributed by atoms with Gasteiger partial charge in [0.05, 0.1) is 45.3 Å². The molecule has 290 valence electrons. The average molecular weight is 747 g/mol. The van der Waals surface area contributed by atoms with Crippen molar-refractivity contribution < 1.29 is 47.9 Å². The smallest absolute Gasteiger partial charge is 0.408 e. The monoisotopic (exact) mass is 746 g/mol. The highest BCUT2D eigenvalue weighted by molar-refractivity contribution is 5.80. The molecule has 0 bridgehead atoms. The number of nitrogens with zero attached hydrogens (tertiary/aromatic N) is 3. The van der Waals surface area contributed by atoms with Crippen molar-refractivity contribution in [3.63, 3.8) is 0 Å². The van der Waals surface area contributed by atoms with Gasteiger partial charge in [0, 0.05) is 7.11 Å². The molecular weight excluding hydrogens is 696 g/mol. The highest BCUT2D eigenvalue weighted by Crippen LogP contribution is 2.31. The van der Waals surface area contributed by atoms with E-state index in [1.807, 2.05) is 91.0 Å². The van der Waals surface area contributed by atoms with Crippen LogP contribution < -0.4 is 5.32 Å². The van der Waals surface area contributed by atoms with E-state index in [-0.39, 0.29) is 19.8 Å². The lowest BCUT2D eigenvalue weighted by Gasteiger charge is -2.45. The number of alkyl carbamates (subject to hydrolysis) is 1. The first-order valence-electron chi connectivity index (χ1n) is 17.9. The van der Waals surface area contributed by atoms with Crippen LogP contribution in [0.25, 0.3) is 0 Å². The molecule has 0 saturated carbocycles. The van der Waals surface area contributed by atoms with Crippen molar-refractivity contribution in [1.29, 1.82) is 0 Å². The van der Waals surface area contributed by atoms with E-state index in [1.54, 1.807) is 45.7 Å². The molecule has 14 heteroatoms. The van der Waals surface area contributed by atoms with E-state index in [9.17, 15) is 14.7 Å². The lowest BCUT2D eigenvalue weighted by molar-refractivity contribution is -0.319. The third kappa shape index (κ3) is 12.2. The number of hydrogen-bond acceptors (Lipinski definition) is 11. The van der Waals surface area contributed by atoms with Gasteiger partial charge in [-0.15, -0.1) is 5.10 Å². The Bertz CT molecular complexity index is 1720. The highest BCUT2D eigenvalue weighted by Gasteiger charge is 2.49. The lowest BCUT2D eigenvalue weighted by Crippen LogP contribution is -2.61. The fraction of sp³-hybridized carbons (Fsp3) is 0.450. The number of aromatic nitrogens is 3. The van der Waals surface area contributed by atoms with Crippen molar-refractivity contribution in [3.8, 4) is 0 Å². The predicted molar refractivity (Wildman–Crippen MR) is 196 cm³/mol. The van der Waals surface area contributed by atoms with Crippen LogP contribution in [0, 0.1) is 0 Å². The second-order valence-electron chi connectivity index (χ2n) is 14.0. The second-order valence-corrected chi connectivity index (χ2v) is 14.0. The number of carbonyl (C=O) groups excluding carboxylic acids is 1. The van der Waals surface area contributed by atoms with Gasteiger partial charge in [0.1, 0.15) is 35.7 Å². The van der Waals surface area contributed by atoms with Crippen LogP contribution in [0.1, 0.15) is 50.1 Å². The van der Waals surface area contributed by atoms with E-state index < -0.39 is 60.5 Å². The summed E-state index contributed by atoms with van der Waals surface area (Å²) in [4.78, 5) is 24.2. The third-order valence-electron chi connectivity index (χ3n) is 8.53. The van der Waals surface area contributed by atoms with Gasteiger partial charge >= 0.3 is 12.1 Å². The van der Waals surface area contributed by atoms with Crippen LogP contribution in [0.4, 0.5) is 4.79 Å². The van der Waals surface area contributed by atoms with Crippen molar-refractivity contribution in [3.05, 3.63) is 120 Å². The van der Waals surface area contributed by atoms with E-state index in [0.29, 0.717) is 18.9 Å². The SMILES string of the molecule is CO[C@H]1O[C@H](Cn2cc(CO[C@@H](C)[C@H](NC(=O)OC(C)(C)C)C(=O)O)nn2)[C@H](OCc2ccccc2)[C@H](OCc2ccccc2)[C@H]1OCc1ccccc1. The number of ether oxygens (including phenoxy) is 7. The van der Waals surface area contributed by atoms with E-state index >= 15 is 0 Å². The van der Waals surface area contributed by atoms with Gasteiger partial charge in [-0.05, 0) is 44.4 Å². The number of hydrogen-bond donors (Lipinski definition) is 2. The number of carboxylic acids is 1. The van der Waals surface area contributed by atoms with Crippen molar-refractivity contribution in [2.45, 2.75) is 109 Å². The zero-order valence-electron chi connectivity index (χ0n) is 31.3. The maximum absolute atomic E-state index is 12.3. The van der Waals surface area contributed by atoms with Gasteiger partial charge in [0.25, 0.3) is 0 Å². The Labute approximate surface area is 315 Å². The zero-order chi connectivity index (χ0) is 38.5. The number of amides is 1. The van der Waals surface area contributed by atoms with Crippen molar-refractivity contribution in [2.75, 3.05) is 7.11 Å². The second kappa shape index (κ2) is 19.6. The molecule has 1 saturated heterocycles. The van der Waals surface area contributed by atoms with Gasteiger partial charge in [-0.2, -0.15) is 0 Å². The van der Waals surface area contributed by atoms with E-state index in [1.165, 1.54) is 0 Å². The number of methoxy groups -OCH3 is 1. The summed E-state index contributed by atoms with van der Waals surface area (Å²) in [5.74, 6) is -1.27. The maximum Gasteiger partial charge on any atom is 0.408 e. The fourth-order valence-electron chi connectivity index (χ4n) is 5.89. The standard InChI is InChI=1S/C40H50N4O10/c1-27(33(37(45)46)41-39(47)54-40(2,3)4)49-26-31-21-44(43-42-31)22-32-34(50-23-28-15-9-6-10-16-28)35(51-24-29-17-11-7-12-18-29)36(38(48-5)53-32)52-25-30-19-13-8-14-20-30/h6-21,27,32-36,38H,22-26H2,1-5H3,(H,41,47)(H,45,46)/t27-,32+,33-,34-,35-,36+,38-/m0/s1. The van der Waals surface area contributed by atoms with Crippen molar-refractivity contribution in [1.82, 2.24) is 20.3 Å². The molecule has 7 atom stereocenters. The Morgan fingerprint density at radius 3 is 1.83 bits per heavy atom. The molecule has 1 fully saturated rings. The topological polar surface area (TPSA) is 162 Å². The summed E-state index contributed by atoms with van der Waals surface area (Å²) in [6, 6.07) is 28.2. The van der Waals surface area contributed by atoms with Crippen molar-refractivity contribution >= 4 is 12.1 Å². The molecule has 0 aliphatic carbocycles. The Morgan fingerprint density at radius 1 is 0.815 bits per heavy atom. The molecule has 0 spiro atoms. The Balaban J connectivity index is 1.34. The van der Waals surface area contributed by atoms with E-state index in [0.717, 1.165) is 16.7 Å². The summed E-state index contributed by atoms with van der Waals surface area (Å²) in [5.41, 5.74) is 2.59. The van der Waals surface area contributed by atoms with E-state index in [2.05, 4.69) is 15.6 Å². The van der Waals surface area contributed by atoms with Crippen LogP contribution in [0.5, 0.6) is 0 Å². The molecule has 3 aromatic carbocycles. The number of carboxylic acid groups (broad SMARTS) is 1. The minimum Gasteiger partial charge on any atom is -0.480 e. The summed E-state index contributed by atoms with van der Waals surface area (Å²) in [7, 11) is 1.56. The molecule has 1 aromatic heterocycles. The van der Waals surface area contributed by atoms with Gasteiger partial charge < -0.3 is 43.6 Å². The Morgan fingerprint density at radius 2 is 1.33 bits per heavy atom. The predicted octanol–water partition coefficient (Wildman–Crippen LogP) is 5.29. The molecule has 1 aliphatic rings. The quantitative estimate of drug-likeness (QED) is 0.136. The molecule has 1 amide bonds. The molecule has 2 N–H and O–H groups in total. The third-order valence-corrected chi connectivity index (χ3v) is 8.53. The van der Waals surface area contributed by atoms with Gasteiger partial charge in [-0.3, -0.25) is 0 Å². The number of carbonyl (C=O) groups is 2.